The van der Waals surface area contributed by atoms with Gasteiger partial charge in [-0.05, 0) is 37.5 Å². The Morgan fingerprint density at radius 3 is 3.00 bits per heavy atom. The summed E-state index contributed by atoms with van der Waals surface area (Å²) in [6.07, 6.45) is 8.07. The molecule has 1 N–H and O–H groups in total. The van der Waals surface area contributed by atoms with Crippen molar-refractivity contribution in [3.05, 3.63) is 34.1 Å². The van der Waals surface area contributed by atoms with Crippen LogP contribution in [0.2, 0.25) is 0 Å². The number of H-pyrrole nitrogens is 1. The highest BCUT2D eigenvalue weighted by Crippen LogP contribution is 2.50. The number of hydrogen-bond donors (Lipinski definition) is 1. The maximum atomic E-state index is 12.9. The number of imidazole rings is 1. The second-order valence-electron chi connectivity index (χ2n) is 8.13. The van der Waals surface area contributed by atoms with Crippen LogP contribution in [0.4, 0.5) is 0 Å². The number of rotatable bonds is 4. The Kier molecular flexibility index (Phi) is 3.39. The van der Waals surface area contributed by atoms with Gasteiger partial charge in [0, 0.05) is 32.8 Å². The molecule has 8 nitrogen and oxygen atoms in total. The van der Waals surface area contributed by atoms with Gasteiger partial charge < -0.3 is 14.4 Å². The van der Waals surface area contributed by atoms with Crippen molar-refractivity contribution in [1.82, 2.24) is 24.6 Å². The third-order valence-corrected chi connectivity index (χ3v) is 6.44. The molecule has 1 saturated heterocycles. The van der Waals surface area contributed by atoms with Gasteiger partial charge in [-0.1, -0.05) is 11.6 Å². The summed E-state index contributed by atoms with van der Waals surface area (Å²) in [5, 5.41) is 4.20. The van der Waals surface area contributed by atoms with Crippen LogP contribution in [-0.4, -0.2) is 43.6 Å². The minimum absolute atomic E-state index is 0.114. The lowest BCUT2D eigenvalue weighted by atomic mass is 9.80. The van der Waals surface area contributed by atoms with Gasteiger partial charge in [0.25, 0.3) is 5.91 Å². The number of aromatic amines is 1. The van der Waals surface area contributed by atoms with Gasteiger partial charge in [-0.3, -0.25) is 9.36 Å². The highest BCUT2D eigenvalue weighted by atomic mass is 16.5. The molecule has 1 aliphatic heterocycles. The smallest absolute Gasteiger partial charge is 0.325 e. The number of nitrogens with one attached hydrogen (secondary N) is 1. The van der Waals surface area contributed by atoms with Crippen LogP contribution in [0.15, 0.2) is 15.5 Å². The summed E-state index contributed by atoms with van der Waals surface area (Å²) in [6.45, 7) is 1.26. The summed E-state index contributed by atoms with van der Waals surface area (Å²) in [4.78, 5) is 33.7. The van der Waals surface area contributed by atoms with Gasteiger partial charge in [-0.2, -0.15) is 4.98 Å². The maximum Gasteiger partial charge on any atom is 0.325 e. The molecule has 2 saturated carbocycles. The van der Waals surface area contributed by atoms with E-state index in [2.05, 4.69) is 10.1 Å². The number of carbonyl (C=O) groups excluding carboxylic acids is 1. The van der Waals surface area contributed by atoms with Gasteiger partial charge >= 0.3 is 5.69 Å². The molecule has 26 heavy (non-hydrogen) atoms. The molecule has 3 heterocycles. The van der Waals surface area contributed by atoms with E-state index in [1.807, 2.05) is 4.90 Å². The Morgan fingerprint density at radius 1 is 1.42 bits per heavy atom. The summed E-state index contributed by atoms with van der Waals surface area (Å²) < 4.78 is 7.05. The predicted molar refractivity (Wildman–Crippen MR) is 91.7 cm³/mol. The third-order valence-electron chi connectivity index (χ3n) is 6.44. The van der Waals surface area contributed by atoms with Gasteiger partial charge in [0.1, 0.15) is 5.69 Å². The van der Waals surface area contributed by atoms with E-state index in [1.165, 1.54) is 23.6 Å². The largest absolute Gasteiger partial charge is 0.339 e. The van der Waals surface area contributed by atoms with E-state index in [-0.39, 0.29) is 17.0 Å². The summed E-state index contributed by atoms with van der Waals surface area (Å²) in [5.41, 5.74) is -0.103. The van der Waals surface area contributed by atoms with Gasteiger partial charge in [0.15, 0.2) is 5.82 Å². The van der Waals surface area contributed by atoms with Crippen molar-refractivity contribution in [2.45, 2.75) is 43.9 Å². The molecular formula is C18H23N5O3. The van der Waals surface area contributed by atoms with E-state index in [0.29, 0.717) is 36.5 Å². The molecular weight excluding hydrogens is 334 g/mol. The molecule has 0 bridgehead atoms. The second kappa shape index (κ2) is 5.56. The first-order chi connectivity index (χ1) is 12.6. The molecule has 0 aromatic carbocycles. The quantitative estimate of drug-likeness (QED) is 0.888. The Labute approximate surface area is 150 Å². The first-order valence-corrected chi connectivity index (χ1v) is 9.43. The fourth-order valence-electron chi connectivity index (χ4n) is 4.71. The zero-order valence-corrected chi connectivity index (χ0v) is 14.9. The van der Waals surface area contributed by atoms with Crippen LogP contribution in [0.25, 0.3) is 0 Å². The topological polar surface area (TPSA) is 97.0 Å². The number of nitrogens with zero attached hydrogens (tertiary/aromatic N) is 4. The van der Waals surface area contributed by atoms with Crippen molar-refractivity contribution in [2.24, 2.45) is 18.9 Å². The lowest BCUT2D eigenvalue weighted by Gasteiger charge is -2.24. The van der Waals surface area contributed by atoms with Crippen LogP contribution in [-0.2, 0) is 18.9 Å². The van der Waals surface area contributed by atoms with Crippen molar-refractivity contribution < 1.29 is 9.32 Å². The van der Waals surface area contributed by atoms with Crippen LogP contribution in [0.1, 0.15) is 54.3 Å². The van der Waals surface area contributed by atoms with E-state index in [1.54, 1.807) is 7.05 Å². The van der Waals surface area contributed by atoms with Crippen LogP contribution in [0.5, 0.6) is 0 Å². The van der Waals surface area contributed by atoms with Crippen molar-refractivity contribution in [3.63, 3.8) is 0 Å². The molecule has 0 radical (unpaired) electrons. The second-order valence-corrected chi connectivity index (χ2v) is 8.13. The van der Waals surface area contributed by atoms with Crippen LogP contribution in [0, 0.1) is 11.8 Å². The standard InChI is InChI=1S/C18H23N5O3/c1-22-13(8-19-17(22)25)15(24)23-9-12-3-2-6-18(12,10-23)16-20-14(21-26-16)7-11-4-5-11/h8,11-12H,2-7,9-10H2,1H3,(H,19,25)/t12-,18-/m1/s1. The molecule has 2 atom stereocenters. The number of aromatic nitrogens is 4. The fourth-order valence-corrected chi connectivity index (χ4v) is 4.71. The van der Waals surface area contributed by atoms with Gasteiger partial charge in [0.2, 0.25) is 5.89 Å². The maximum absolute atomic E-state index is 12.9. The number of fused-ring (bicyclic) bond motifs is 1. The molecule has 3 fully saturated rings. The van der Waals surface area contributed by atoms with Crippen molar-refractivity contribution in [1.29, 1.82) is 0 Å². The van der Waals surface area contributed by atoms with Crippen LogP contribution < -0.4 is 5.69 Å². The number of carbonyl (C=O) groups is 1. The van der Waals surface area contributed by atoms with Crippen molar-refractivity contribution >= 4 is 5.91 Å². The summed E-state index contributed by atoms with van der Waals surface area (Å²) in [7, 11) is 1.61. The Hall–Kier alpha value is -2.38. The number of amides is 1. The van der Waals surface area contributed by atoms with E-state index in [9.17, 15) is 9.59 Å². The lowest BCUT2D eigenvalue weighted by Crippen LogP contribution is -2.36. The molecule has 5 rings (SSSR count). The molecule has 1 amide bonds. The number of likely N-dealkylation sites (tertiary alicyclic amines) is 1. The SMILES string of the molecule is Cn1c(C(=O)N2C[C@H]3CCC[C@@]3(c3nc(CC4CC4)no3)C2)c[nH]c1=O. The minimum Gasteiger partial charge on any atom is -0.339 e. The van der Waals surface area contributed by atoms with Gasteiger partial charge in [-0.15, -0.1) is 0 Å². The summed E-state index contributed by atoms with van der Waals surface area (Å²) >= 11 is 0. The van der Waals surface area contributed by atoms with E-state index >= 15 is 0 Å². The Morgan fingerprint density at radius 2 is 2.27 bits per heavy atom. The average molecular weight is 357 g/mol. The van der Waals surface area contributed by atoms with Crippen LogP contribution in [0.3, 0.4) is 0 Å². The van der Waals surface area contributed by atoms with Crippen molar-refractivity contribution in [2.75, 3.05) is 13.1 Å². The van der Waals surface area contributed by atoms with E-state index < -0.39 is 0 Å². The van der Waals surface area contributed by atoms with Crippen molar-refractivity contribution in [3.8, 4) is 0 Å². The first-order valence-electron chi connectivity index (χ1n) is 9.43. The van der Waals surface area contributed by atoms with E-state index in [4.69, 9.17) is 9.51 Å². The zero-order chi connectivity index (χ0) is 17.9. The summed E-state index contributed by atoms with van der Waals surface area (Å²) in [5.74, 6) is 2.46. The van der Waals surface area contributed by atoms with Gasteiger partial charge in [0.05, 0.1) is 5.41 Å². The molecule has 138 valence electrons. The molecule has 8 heteroatoms. The molecule has 0 spiro atoms. The lowest BCUT2D eigenvalue weighted by molar-refractivity contribution is 0.0765. The zero-order valence-electron chi connectivity index (χ0n) is 14.9. The third kappa shape index (κ3) is 2.34. The highest BCUT2D eigenvalue weighted by molar-refractivity contribution is 5.92. The summed E-state index contributed by atoms with van der Waals surface area (Å²) in [6, 6.07) is 0. The molecule has 2 aliphatic carbocycles. The predicted octanol–water partition coefficient (Wildman–Crippen LogP) is 1.24. The highest BCUT2D eigenvalue weighted by Gasteiger charge is 2.55. The van der Waals surface area contributed by atoms with Gasteiger partial charge in [-0.25, -0.2) is 4.79 Å². The number of hydrogen-bond acceptors (Lipinski definition) is 5. The first kappa shape index (κ1) is 15.8. The normalized spacial score (nSPS) is 27.9. The molecule has 3 aliphatic rings. The minimum atomic E-state index is -0.274. The van der Waals surface area contributed by atoms with E-state index in [0.717, 1.165) is 31.5 Å². The Bertz CT molecular complexity index is 908. The molecule has 0 unspecified atom stereocenters. The monoisotopic (exact) mass is 357 g/mol. The Balaban J connectivity index is 1.41. The fraction of sp³-hybridized carbons (Fsp3) is 0.667. The average Bonchev–Trinajstić information content (AvgIpc) is 2.96. The molecule has 2 aromatic rings. The molecule has 2 aromatic heterocycles. The van der Waals surface area contributed by atoms with Crippen LogP contribution >= 0.6 is 0 Å².